The van der Waals surface area contributed by atoms with Gasteiger partial charge in [-0.2, -0.15) is 15.1 Å². The Morgan fingerprint density at radius 1 is 1.03 bits per heavy atom. The Morgan fingerprint density at radius 3 is 2.44 bits per heavy atom. The van der Waals surface area contributed by atoms with Gasteiger partial charge in [0.05, 0.1) is 5.57 Å². The molecule has 158 valence electrons. The maximum Gasteiger partial charge on any atom is 0.283 e. The summed E-state index contributed by atoms with van der Waals surface area (Å²) < 4.78 is 2.21. The molecule has 0 fully saturated rings. The lowest BCUT2D eigenvalue weighted by molar-refractivity contribution is -0.114. The van der Waals surface area contributed by atoms with Crippen molar-refractivity contribution >= 4 is 39.8 Å². The van der Waals surface area contributed by atoms with Crippen LogP contribution in [0, 0.1) is 19.3 Å². The molecule has 0 atom stereocenters. The molecule has 2 aliphatic heterocycles. The zero-order chi connectivity index (χ0) is 22.2. The third kappa shape index (κ3) is 3.61. The molecular weight excluding hydrogens is 418 g/mol. The van der Waals surface area contributed by atoms with Crippen molar-refractivity contribution in [1.82, 2.24) is 9.58 Å². The summed E-state index contributed by atoms with van der Waals surface area (Å²) in [6.45, 7) is 4.84. The van der Waals surface area contributed by atoms with Crippen LogP contribution < -0.4 is 0 Å². The highest BCUT2D eigenvalue weighted by molar-refractivity contribution is 8.27. The number of aromatic nitrogens is 1. The van der Waals surface area contributed by atoms with E-state index in [0.29, 0.717) is 5.17 Å². The van der Waals surface area contributed by atoms with E-state index in [0.717, 1.165) is 34.1 Å². The summed E-state index contributed by atoms with van der Waals surface area (Å²) in [4.78, 5) is 17.0. The smallest absolute Gasteiger partial charge is 0.283 e. The molecule has 1 aromatic heterocycles. The van der Waals surface area contributed by atoms with Gasteiger partial charge in [-0.15, -0.1) is 0 Å². The van der Waals surface area contributed by atoms with Gasteiger partial charge >= 0.3 is 0 Å². The zero-order valence-electron chi connectivity index (χ0n) is 17.7. The standard InChI is InChI=1S/C25H21N5OS/c1-16-13-20(17(2)29(16)15-18-9-5-3-6-10-18)14-21-22(26)30-25(27-23(21)31)32-24(28-30)19-11-7-4-8-12-19/h3-14,26H,15H2,1-2H3. The predicted molar refractivity (Wildman–Crippen MR) is 130 cm³/mol. The van der Waals surface area contributed by atoms with E-state index >= 15 is 0 Å². The fraction of sp³-hybridized carbons (Fsp3) is 0.120. The topological polar surface area (TPSA) is 73.8 Å². The van der Waals surface area contributed by atoms with Crippen molar-refractivity contribution in [3.05, 3.63) is 100 Å². The lowest BCUT2D eigenvalue weighted by Crippen LogP contribution is -2.35. The molecule has 0 saturated heterocycles. The van der Waals surface area contributed by atoms with Crippen LogP contribution >= 0.6 is 11.8 Å². The number of hydrogen-bond acceptors (Lipinski definition) is 4. The molecule has 7 heteroatoms. The lowest BCUT2D eigenvalue weighted by atomic mass is 10.1. The molecule has 0 radical (unpaired) electrons. The van der Waals surface area contributed by atoms with Crippen LogP contribution in [-0.4, -0.2) is 31.5 Å². The summed E-state index contributed by atoms with van der Waals surface area (Å²) in [6, 6.07) is 22.0. The maximum absolute atomic E-state index is 12.8. The second-order valence-corrected chi connectivity index (χ2v) is 8.65. The zero-order valence-corrected chi connectivity index (χ0v) is 18.6. The summed E-state index contributed by atoms with van der Waals surface area (Å²) in [5.41, 5.74) is 5.43. The number of carbonyl (C=O) groups excluding carboxylic acids is 1. The van der Waals surface area contributed by atoms with Crippen molar-refractivity contribution in [3.63, 3.8) is 0 Å². The molecule has 0 aliphatic carbocycles. The van der Waals surface area contributed by atoms with Gasteiger partial charge in [-0.3, -0.25) is 10.2 Å². The molecule has 2 aliphatic rings. The van der Waals surface area contributed by atoms with Crippen molar-refractivity contribution in [1.29, 1.82) is 5.41 Å². The highest BCUT2D eigenvalue weighted by Crippen LogP contribution is 2.31. The van der Waals surface area contributed by atoms with Gasteiger partial charge in [0.15, 0.2) is 5.84 Å². The number of amidine groups is 2. The van der Waals surface area contributed by atoms with Gasteiger partial charge in [0.1, 0.15) is 5.04 Å². The van der Waals surface area contributed by atoms with E-state index in [4.69, 9.17) is 5.41 Å². The average molecular weight is 440 g/mol. The first-order chi connectivity index (χ1) is 15.5. The molecule has 1 N–H and O–H groups in total. The highest BCUT2D eigenvalue weighted by atomic mass is 32.2. The van der Waals surface area contributed by atoms with Gasteiger partial charge in [-0.25, -0.2) is 0 Å². The van der Waals surface area contributed by atoms with E-state index in [1.807, 2.05) is 61.5 Å². The van der Waals surface area contributed by atoms with Crippen molar-refractivity contribution in [2.75, 3.05) is 0 Å². The molecule has 5 rings (SSSR count). The van der Waals surface area contributed by atoms with Gasteiger partial charge in [-0.1, -0.05) is 60.7 Å². The summed E-state index contributed by atoms with van der Waals surface area (Å²) in [5, 5.41) is 15.8. The minimum absolute atomic E-state index is 0.0475. The number of nitrogens with zero attached hydrogens (tertiary/aromatic N) is 4. The van der Waals surface area contributed by atoms with Crippen molar-refractivity contribution in [2.45, 2.75) is 20.4 Å². The van der Waals surface area contributed by atoms with Crippen LogP contribution in [0.4, 0.5) is 0 Å². The lowest BCUT2D eigenvalue weighted by Gasteiger charge is -2.20. The van der Waals surface area contributed by atoms with Crippen LogP contribution in [0.1, 0.15) is 28.1 Å². The fourth-order valence-electron chi connectivity index (χ4n) is 3.83. The fourth-order valence-corrected chi connectivity index (χ4v) is 4.72. The summed E-state index contributed by atoms with van der Waals surface area (Å²) in [7, 11) is 0. The molecule has 0 spiro atoms. The highest BCUT2D eigenvalue weighted by Gasteiger charge is 2.36. The second kappa shape index (κ2) is 8.09. The quantitative estimate of drug-likeness (QED) is 0.592. The average Bonchev–Trinajstić information content (AvgIpc) is 3.34. The SMILES string of the molecule is Cc1cc(C=C2C(=N)N3N=C(c4ccccc4)SC3=NC2=O)c(C)n1Cc1ccccc1. The Bertz CT molecular complexity index is 1320. The Morgan fingerprint density at radius 2 is 1.72 bits per heavy atom. The van der Waals surface area contributed by atoms with Gasteiger partial charge in [0.2, 0.25) is 5.17 Å². The number of amides is 1. The molecular formula is C25H21N5OS. The van der Waals surface area contributed by atoms with Crippen molar-refractivity contribution in [2.24, 2.45) is 10.1 Å². The summed E-state index contributed by atoms with van der Waals surface area (Å²) in [6.07, 6.45) is 1.76. The first kappa shape index (κ1) is 20.2. The number of carbonyl (C=O) groups is 1. The number of hydrogen-bond donors (Lipinski definition) is 1. The van der Waals surface area contributed by atoms with E-state index in [2.05, 4.69) is 33.7 Å². The van der Waals surface area contributed by atoms with Gasteiger partial charge in [0, 0.05) is 23.5 Å². The molecule has 0 unspecified atom stereocenters. The van der Waals surface area contributed by atoms with Crippen LogP contribution in [0.15, 0.2) is 82.4 Å². The first-order valence-corrected chi connectivity index (χ1v) is 11.1. The Hall–Kier alpha value is -3.71. The third-order valence-corrected chi connectivity index (χ3v) is 6.53. The molecule has 32 heavy (non-hydrogen) atoms. The summed E-state index contributed by atoms with van der Waals surface area (Å²) in [5.74, 6) is -0.364. The minimum atomic E-state index is -0.411. The number of thioether (sulfide) groups is 1. The Balaban J connectivity index is 1.47. The van der Waals surface area contributed by atoms with Gasteiger partial charge in [-0.05, 0) is 48.9 Å². The number of fused-ring (bicyclic) bond motifs is 1. The van der Waals surface area contributed by atoms with Crippen molar-refractivity contribution < 1.29 is 4.79 Å². The van der Waals surface area contributed by atoms with Gasteiger partial charge in [0.25, 0.3) is 5.91 Å². The van der Waals surface area contributed by atoms with Crippen LogP contribution in [-0.2, 0) is 11.3 Å². The normalized spacial score (nSPS) is 16.9. The van der Waals surface area contributed by atoms with E-state index < -0.39 is 5.91 Å². The number of nitrogens with one attached hydrogen (secondary N) is 1. The minimum Gasteiger partial charge on any atom is -0.344 e. The number of aliphatic imine (C=N–C) groups is 1. The van der Waals surface area contributed by atoms with Crippen LogP contribution in [0.25, 0.3) is 6.08 Å². The van der Waals surface area contributed by atoms with E-state index in [1.165, 1.54) is 22.3 Å². The van der Waals surface area contributed by atoms with E-state index in [1.54, 1.807) is 6.08 Å². The molecule has 6 nitrogen and oxygen atoms in total. The largest absolute Gasteiger partial charge is 0.344 e. The van der Waals surface area contributed by atoms with Crippen LogP contribution in [0.5, 0.6) is 0 Å². The van der Waals surface area contributed by atoms with E-state index in [9.17, 15) is 4.79 Å². The second-order valence-electron chi connectivity index (χ2n) is 7.69. The molecule has 0 bridgehead atoms. The third-order valence-electron chi connectivity index (χ3n) is 5.57. The van der Waals surface area contributed by atoms with Gasteiger partial charge < -0.3 is 4.57 Å². The van der Waals surface area contributed by atoms with Crippen LogP contribution in [0.3, 0.4) is 0 Å². The molecule has 0 saturated carbocycles. The molecule has 3 aromatic rings. The van der Waals surface area contributed by atoms with E-state index in [-0.39, 0.29) is 11.4 Å². The number of hydrazone groups is 1. The predicted octanol–water partition coefficient (Wildman–Crippen LogP) is 4.82. The molecule has 3 heterocycles. The Labute approximate surface area is 190 Å². The van der Waals surface area contributed by atoms with Crippen molar-refractivity contribution in [3.8, 4) is 0 Å². The maximum atomic E-state index is 12.8. The summed E-state index contributed by atoms with van der Waals surface area (Å²) >= 11 is 1.31. The van der Waals surface area contributed by atoms with Crippen LogP contribution in [0.2, 0.25) is 0 Å². The molecule has 1 amide bonds. The molecule has 2 aromatic carbocycles. The monoisotopic (exact) mass is 439 g/mol. The first-order valence-electron chi connectivity index (χ1n) is 10.3. The number of aryl methyl sites for hydroxylation is 1. The number of benzene rings is 2. The Kier molecular flexibility index (Phi) is 5.11. The number of rotatable bonds is 4.